The molecule has 4 aromatic rings. The predicted molar refractivity (Wildman–Crippen MR) is 135 cm³/mol. The molecule has 0 atom stereocenters. The summed E-state index contributed by atoms with van der Waals surface area (Å²) in [7, 11) is -3.90. The Morgan fingerprint density at radius 3 is 2.05 bits per heavy atom. The maximum Gasteiger partial charge on any atom is 0.240 e. The first-order chi connectivity index (χ1) is 17.6. The van der Waals surface area contributed by atoms with Crippen molar-refractivity contribution in [1.29, 1.82) is 0 Å². The quantitative estimate of drug-likeness (QED) is 0.313. The molecule has 1 saturated carbocycles. The molecule has 0 aliphatic heterocycles. The number of primary sulfonamides is 1. The molecule has 0 radical (unpaired) electrons. The van der Waals surface area contributed by atoms with Crippen molar-refractivity contribution in [2.24, 2.45) is 10.6 Å². The van der Waals surface area contributed by atoms with Crippen molar-refractivity contribution in [2.75, 3.05) is 10.6 Å². The second-order valence-corrected chi connectivity index (χ2v) is 10.2. The van der Waals surface area contributed by atoms with Crippen LogP contribution in [0, 0.1) is 11.2 Å². The lowest BCUT2D eigenvalue weighted by Crippen LogP contribution is -2.35. The van der Waals surface area contributed by atoms with E-state index in [0.29, 0.717) is 46.6 Å². The molecule has 0 unspecified atom stereocenters. The van der Waals surface area contributed by atoms with E-state index in [4.69, 9.17) is 9.88 Å². The summed E-state index contributed by atoms with van der Waals surface area (Å²) in [6.07, 6.45) is 2.35. The second kappa shape index (κ2) is 9.26. The normalized spacial score (nSPS) is 14.1. The third kappa shape index (κ3) is 5.13. The molecular formula is C26H21FN4O5S. The molecule has 37 heavy (non-hydrogen) atoms. The van der Waals surface area contributed by atoms with Crippen molar-refractivity contribution in [3.8, 4) is 11.5 Å². The molecular weight excluding hydrogens is 499 g/mol. The summed E-state index contributed by atoms with van der Waals surface area (Å²) in [6, 6.07) is 17.7. The van der Waals surface area contributed by atoms with Gasteiger partial charge in [-0.3, -0.25) is 14.6 Å². The van der Waals surface area contributed by atoms with Gasteiger partial charge in [0.25, 0.3) is 0 Å². The summed E-state index contributed by atoms with van der Waals surface area (Å²) < 4.78 is 42.5. The molecule has 1 aliphatic carbocycles. The molecule has 9 nitrogen and oxygen atoms in total. The van der Waals surface area contributed by atoms with E-state index in [1.54, 1.807) is 36.4 Å². The molecule has 1 fully saturated rings. The minimum absolute atomic E-state index is 0.0617. The number of benzene rings is 3. The zero-order valence-corrected chi connectivity index (χ0v) is 20.1. The topological polar surface area (TPSA) is 140 Å². The fourth-order valence-electron chi connectivity index (χ4n) is 3.82. The molecule has 1 aliphatic rings. The van der Waals surface area contributed by atoms with Gasteiger partial charge in [0.2, 0.25) is 21.8 Å². The predicted octanol–water partition coefficient (Wildman–Crippen LogP) is 4.17. The summed E-state index contributed by atoms with van der Waals surface area (Å²) in [4.78, 5) is 29.8. The van der Waals surface area contributed by atoms with Crippen molar-refractivity contribution in [2.45, 2.75) is 17.7 Å². The molecule has 188 valence electrons. The number of rotatable bonds is 7. The van der Waals surface area contributed by atoms with Gasteiger partial charge in [0.1, 0.15) is 22.7 Å². The Hall–Kier alpha value is -4.35. The minimum Gasteiger partial charge on any atom is -0.457 e. The van der Waals surface area contributed by atoms with Crippen LogP contribution in [0.3, 0.4) is 0 Å². The summed E-state index contributed by atoms with van der Waals surface area (Å²) in [6.45, 7) is 0. The Kier molecular flexibility index (Phi) is 6.10. The largest absolute Gasteiger partial charge is 0.457 e. The Morgan fingerprint density at radius 2 is 1.49 bits per heavy atom. The highest BCUT2D eigenvalue weighted by atomic mass is 32.2. The maximum absolute atomic E-state index is 13.1. The lowest BCUT2D eigenvalue weighted by atomic mass is 10.0. The highest BCUT2D eigenvalue weighted by Crippen LogP contribution is 2.47. The number of nitrogens with two attached hydrogens (primary N) is 1. The molecule has 3 aromatic carbocycles. The van der Waals surface area contributed by atoms with Gasteiger partial charge < -0.3 is 15.4 Å². The lowest BCUT2D eigenvalue weighted by molar-refractivity contribution is -0.131. The number of amides is 2. The Bertz CT molecular complexity index is 1620. The second-order valence-electron chi connectivity index (χ2n) is 8.66. The monoisotopic (exact) mass is 520 g/mol. The summed E-state index contributed by atoms with van der Waals surface area (Å²) >= 11 is 0. The van der Waals surface area contributed by atoms with E-state index in [0.717, 1.165) is 0 Å². The fraction of sp³-hybridized carbons (Fsp3) is 0.115. The van der Waals surface area contributed by atoms with E-state index in [1.165, 1.54) is 42.6 Å². The van der Waals surface area contributed by atoms with Crippen LogP contribution in [0.25, 0.3) is 10.9 Å². The van der Waals surface area contributed by atoms with Gasteiger partial charge in [-0.25, -0.2) is 17.9 Å². The SMILES string of the molecule is NS(=O)(=O)c1ccc2nccc(Oc3ccc(NC(=O)C4(C(=O)Nc5ccc(F)cc5)CC4)cc3)c2c1. The first kappa shape index (κ1) is 24.3. The molecule has 1 aromatic heterocycles. The van der Waals surface area contributed by atoms with Gasteiger partial charge in [0.05, 0.1) is 10.4 Å². The number of hydrogen-bond donors (Lipinski definition) is 3. The van der Waals surface area contributed by atoms with Gasteiger partial charge in [0, 0.05) is 23.0 Å². The van der Waals surface area contributed by atoms with E-state index in [2.05, 4.69) is 15.6 Å². The number of nitrogens with zero attached hydrogens (tertiary/aromatic N) is 1. The Balaban J connectivity index is 1.28. The number of anilines is 2. The molecule has 4 N–H and O–H groups in total. The van der Waals surface area contributed by atoms with Gasteiger partial charge >= 0.3 is 0 Å². The summed E-state index contributed by atoms with van der Waals surface area (Å²) in [5.41, 5.74) is 0.226. The van der Waals surface area contributed by atoms with Crippen molar-refractivity contribution >= 4 is 44.1 Å². The van der Waals surface area contributed by atoms with Gasteiger partial charge in [-0.05, 0) is 85.6 Å². The van der Waals surface area contributed by atoms with E-state index in [1.807, 2.05) is 0 Å². The van der Waals surface area contributed by atoms with Crippen molar-refractivity contribution in [1.82, 2.24) is 4.98 Å². The standard InChI is InChI=1S/C26H21FN4O5S/c27-16-1-3-17(4-2-16)30-24(32)26(12-13-26)25(33)31-18-5-7-19(8-6-18)36-23-11-14-29-22-10-9-20(15-21(22)23)37(28,34)35/h1-11,14-15H,12-13H2,(H,30,32)(H,31,33)(H2,28,34,35). The van der Waals surface area contributed by atoms with Crippen molar-refractivity contribution in [3.63, 3.8) is 0 Å². The Morgan fingerprint density at radius 1 is 0.892 bits per heavy atom. The average Bonchev–Trinajstić information content (AvgIpc) is 3.68. The van der Waals surface area contributed by atoms with Gasteiger partial charge in [-0.1, -0.05) is 0 Å². The van der Waals surface area contributed by atoms with Gasteiger partial charge in [-0.2, -0.15) is 0 Å². The van der Waals surface area contributed by atoms with Gasteiger partial charge in [-0.15, -0.1) is 0 Å². The van der Waals surface area contributed by atoms with Crippen LogP contribution in [-0.2, 0) is 19.6 Å². The average molecular weight is 521 g/mol. The number of carbonyl (C=O) groups excluding carboxylic acids is 2. The van der Waals surface area contributed by atoms with Crippen molar-refractivity contribution in [3.05, 3.63) is 84.8 Å². The van der Waals surface area contributed by atoms with Crippen LogP contribution in [0.2, 0.25) is 0 Å². The molecule has 0 bridgehead atoms. The number of ether oxygens (including phenoxy) is 1. The van der Waals surface area contributed by atoms with Crippen LogP contribution >= 0.6 is 0 Å². The van der Waals surface area contributed by atoms with E-state index < -0.39 is 33.1 Å². The fourth-order valence-corrected chi connectivity index (χ4v) is 4.36. The van der Waals surface area contributed by atoms with Crippen LogP contribution < -0.4 is 20.5 Å². The molecule has 1 heterocycles. The minimum atomic E-state index is -3.90. The maximum atomic E-state index is 13.1. The first-order valence-corrected chi connectivity index (χ1v) is 12.8. The van der Waals surface area contributed by atoms with Crippen molar-refractivity contribution < 1.29 is 27.1 Å². The number of aromatic nitrogens is 1. The number of fused-ring (bicyclic) bond motifs is 1. The number of halogens is 1. The third-order valence-corrected chi connectivity index (χ3v) is 6.97. The summed E-state index contributed by atoms with van der Waals surface area (Å²) in [5.74, 6) is -0.491. The van der Waals surface area contributed by atoms with E-state index in [9.17, 15) is 22.4 Å². The zero-order chi connectivity index (χ0) is 26.2. The number of carbonyl (C=O) groups is 2. The van der Waals surface area contributed by atoms with Crippen LogP contribution in [-0.4, -0.2) is 25.2 Å². The number of nitrogens with one attached hydrogen (secondary N) is 2. The van der Waals surface area contributed by atoms with Gasteiger partial charge in [0.15, 0.2) is 0 Å². The highest BCUT2D eigenvalue weighted by molar-refractivity contribution is 7.89. The first-order valence-electron chi connectivity index (χ1n) is 11.2. The lowest BCUT2D eigenvalue weighted by Gasteiger charge is -2.16. The Labute approximate surface area is 211 Å². The number of sulfonamides is 1. The smallest absolute Gasteiger partial charge is 0.240 e. The number of pyridine rings is 1. The van der Waals surface area contributed by atoms with E-state index in [-0.39, 0.29) is 4.90 Å². The summed E-state index contributed by atoms with van der Waals surface area (Å²) in [5, 5.41) is 11.1. The molecule has 2 amide bonds. The van der Waals surface area contributed by atoms with Crippen LogP contribution in [0.15, 0.2) is 83.9 Å². The van der Waals surface area contributed by atoms with Crippen LogP contribution in [0.1, 0.15) is 12.8 Å². The molecule has 11 heteroatoms. The molecule has 0 spiro atoms. The molecule has 0 saturated heterocycles. The highest BCUT2D eigenvalue weighted by Gasteiger charge is 2.56. The molecule has 5 rings (SSSR count). The number of hydrogen-bond acceptors (Lipinski definition) is 6. The third-order valence-electron chi connectivity index (χ3n) is 6.06. The van der Waals surface area contributed by atoms with E-state index >= 15 is 0 Å². The van der Waals surface area contributed by atoms with Crippen LogP contribution in [0.5, 0.6) is 11.5 Å². The zero-order valence-electron chi connectivity index (χ0n) is 19.3. The van der Waals surface area contributed by atoms with Crippen LogP contribution in [0.4, 0.5) is 15.8 Å².